The van der Waals surface area contributed by atoms with Crippen molar-refractivity contribution in [1.82, 2.24) is 10.6 Å². The third kappa shape index (κ3) is 2.59. The van der Waals surface area contributed by atoms with Crippen molar-refractivity contribution in [3.63, 3.8) is 0 Å². The predicted molar refractivity (Wildman–Crippen MR) is 97.9 cm³/mol. The highest BCUT2D eigenvalue weighted by atomic mass is 35.5. The summed E-state index contributed by atoms with van der Waals surface area (Å²) in [6.45, 7) is 0.628. The summed E-state index contributed by atoms with van der Waals surface area (Å²) in [6, 6.07) is 6.60. The summed E-state index contributed by atoms with van der Waals surface area (Å²) in [7, 11) is 0. The van der Waals surface area contributed by atoms with Crippen molar-refractivity contribution in [2.45, 2.75) is 17.9 Å². The van der Waals surface area contributed by atoms with E-state index in [1.165, 1.54) is 0 Å². The number of hydrogen-bond acceptors (Lipinski definition) is 5. The molecule has 3 aliphatic rings. The normalized spacial score (nSPS) is 32.7. The van der Waals surface area contributed by atoms with Gasteiger partial charge >= 0.3 is 6.03 Å². The molecule has 0 saturated carbocycles. The second-order valence-corrected chi connectivity index (χ2v) is 7.82. The summed E-state index contributed by atoms with van der Waals surface area (Å²) in [5.74, 6) is -2.24. The van der Waals surface area contributed by atoms with Gasteiger partial charge in [-0.15, -0.1) is 0 Å². The summed E-state index contributed by atoms with van der Waals surface area (Å²) in [4.78, 5) is 24.8. The third-order valence-corrected chi connectivity index (χ3v) is 6.30. The molecule has 0 bridgehead atoms. The molecule has 2 aliphatic heterocycles. The number of urea groups is 1. The number of hydrogen-bond donors (Lipinski definition) is 3. The van der Waals surface area contributed by atoms with Crippen LogP contribution in [0.5, 0.6) is 0 Å². The third-order valence-electron chi connectivity index (χ3n) is 5.73. The monoisotopic (exact) mass is 406 g/mol. The minimum absolute atomic E-state index is 0.157. The first-order valence-corrected chi connectivity index (χ1v) is 9.20. The van der Waals surface area contributed by atoms with Crippen molar-refractivity contribution >= 4 is 35.1 Å². The number of nitrogens with one attached hydrogen (secondary N) is 2. The van der Waals surface area contributed by atoms with Crippen LogP contribution in [0.3, 0.4) is 0 Å². The fourth-order valence-corrected chi connectivity index (χ4v) is 5.17. The first-order chi connectivity index (χ1) is 12.9. The number of nitrogens with two attached hydrogens (primary N) is 1. The van der Waals surface area contributed by atoms with Gasteiger partial charge in [0.2, 0.25) is 5.91 Å². The molecule has 4 rings (SSSR count). The summed E-state index contributed by atoms with van der Waals surface area (Å²) in [5, 5.41) is 15.9. The number of rotatable bonds is 1. The minimum atomic E-state index is -0.935. The molecular weight excluding hydrogens is 391 g/mol. The Labute approximate surface area is 165 Å². The van der Waals surface area contributed by atoms with E-state index in [0.717, 1.165) is 0 Å². The molecular formula is C18H16Cl2N4O3. The Bertz CT molecular complexity index is 926. The van der Waals surface area contributed by atoms with Gasteiger partial charge in [-0.25, -0.2) is 4.79 Å². The number of carbonyl (C=O) groups is 2. The maximum Gasteiger partial charge on any atom is 0.321 e. The summed E-state index contributed by atoms with van der Waals surface area (Å²) in [6.07, 6.45) is 0.405. The van der Waals surface area contributed by atoms with E-state index < -0.39 is 29.3 Å². The molecule has 7 nitrogen and oxygen atoms in total. The van der Waals surface area contributed by atoms with Gasteiger partial charge in [-0.3, -0.25) is 10.1 Å². The van der Waals surface area contributed by atoms with Crippen molar-refractivity contribution < 1.29 is 14.3 Å². The molecule has 1 aromatic rings. The van der Waals surface area contributed by atoms with Crippen molar-refractivity contribution in [3.05, 3.63) is 45.1 Å². The maximum absolute atomic E-state index is 12.6. The van der Waals surface area contributed by atoms with E-state index in [1.807, 2.05) is 0 Å². The van der Waals surface area contributed by atoms with Crippen LogP contribution < -0.4 is 16.4 Å². The smallest absolute Gasteiger partial charge is 0.321 e. The molecule has 1 aromatic carbocycles. The van der Waals surface area contributed by atoms with E-state index in [9.17, 15) is 14.9 Å². The number of halogens is 2. The average Bonchev–Trinajstić information content (AvgIpc) is 2.60. The number of nitriles is 1. The Kier molecular flexibility index (Phi) is 4.30. The van der Waals surface area contributed by atoms with Gasteiger partial charge in [-0.2, -0.15) is 5.26 Å². The molecule has 2 heterocycles. The Hall–Kier alpha value is -2.27. The van der Waals surface area contributed by atoms with Crippen LogP contribution in [0.25, 0.3) is 0 Å². The second-order valence-electron chi connectivity index (χ2n) is 6.97. The number of ether oxygens (including phenoxy) is 1. The van der Waals surface area contributed by atoms with E-state index in [-0.39, 0.29) is 23.8 Å². The van der Waals surface area contributed by atoms with Crippen molar-refractivity contribution in [1.29, 1.82) is 5.26 Å². The SMILES string of the molecule is N#CC1=C(N)[C@H]2C(=O)NC(=O)N[C@]23CCOC[C@H]3[C@@H]1c1ccc(Cl)cc1Cl. The second kappa shape index (κ2) is 6.41. The number of nitrogens with zero attached hydrogens (tertiary/aromatic N) is 1. The van der Waals surface area contributed by atoms with E-state index in [4.69, 9.17) is 33.7 Å². The van der Waals surface area contributed by atoms with Crippen molar-refractivity contribution in [2.24, 2.45) is 17.6 Å². The Morgan fingerprint density at radius 3 is 2.81 bits per heavy atom. The zero-order valence-corrected chi connectivity index (χ0v) is 15.6. The highest BCUT2D eigenvalue weighted by molar-refractivity contribution is 6.35. The standard InChI is InChI=1S/C18H16Cl2N4O3/c19-8-1-2-9(12(20)5-8)13-10(6-21)15(22)14-16(25)23-17(26)24-18(14)3-4-27-7-11(13)18/h1-2,5,11,13-14H,3-4,7,22H2,(H2,23,24,25,26)/t11-,13+,14-,18-/m0/s1. The molecule has 2 saturated heterocycles. The average molecular weight is 407 g/mol. The van der Waals surface area contributed by atoms with Crippen LogP contribution in [0.1, 0.15) is 17.9 Å². The van der Waals surface area contributed by atoms with Crippen LogP contribution in [-0.2, 0) is 9.53 Å². The van der Waals surface area contributed by atoms with Gasteiger partial charge in [0.05, 0.1) is 23.8 Å². The predicted octanol–water partition coefficient (Wildman–Crippen LogP) is 2.06. The van der Waals surface area contributed by atoms with Crippen LogP contribution >= 0.6 is 23.2 Å². The lowest BCUT2D eigenvalue weighted by atomic mass is 9.57. The molecule has 4 N–H and O–H groups in total. The van der Waals surface area contributed by atoms with Gasteiger partial charge in [0, 0.05) is 34.2 Å². The maximum atomic E-state index is 12.6. The summed E-state index contributed by atoms with van der Waals surface area (Å²) >= 11 is 12.4. The van der Waals surface area contributed by atoms with E-state index >= 15 is 0 Å². The summed E-state index contributed by atoms with van der Waals surface area (Å²) in [5.41, 5.74) is 6.47. The molecule has 0 radical (unpaired) electrons. The number of benzene rings is 1. The molecule has 9 heteroatoms. The fraction of sp³-hybridized carbons (Fsp3) is 0.389. The highest BCUT2D eigenvalue weighted by Crippen LogP contribution is 2.53. The Morgan fingerprint density at radius 1 is 1.33 bits per heavy atom. The molecule has 3 amide bonds. The van der Waals surface area contributed by atoms with E-state index in [1.54, 1.807) is 18.2 Å². The van der Waals surface area contributed by atoms with Crippen LogP contribution in [0, 0.1) is 23.2 Å². The molecule has 2 fully saturated rings. The Morgan fingerprint density at radius 2 is 2.11 bits per heavy atom. The highest BCUT2D eigenvalue weighted by Gasteiger charge is 2.61. The minimum Gasteiger partial charge on any atom is -0.400 e. The lowest BCUT2D eigenvalue weighted by molar-refractivity contribution is -0.132. The zero-order valence-electron chi connectivity index (χ0n) is 14.1. The molecule has 140 valence electrons. The molecule has 1 spiro atoms. The van der Waals surface area contributed by atoms with Gasteiger partial charge in [0.15, 0.2) is 0 Å². The molecule has 1 aliphatic carbocycles. The summed E-state index contributed by atoms with van der Waals surface area (Å²) < 4.78 is 5.67. The molecule has 4 atom stereocenters. The van der Waals surface area contributed by atoms with Crippen LogP contribution in [0.15, 0.2) is 29.5 Å². The largest absolute Gasteiger partial charge is 0.400 e. The zero-order chi connectivity index (χ0) is 19.3. The van der Waals surface area contributed by atoms with Crippen molar-refractivity contribution in [3.8, 4) is 6.07 Å². The molecule has 27 heavy (non-hydrogen) atoms. The molecule has 0 aromatic heterocycles. The van der Waals surface area contributed by atoms with E-state index in [0.29, 0.717) is 28.6 Å². The van der Waals surface area contributed by atoms with Crippen LogP contribution in [0.4, 0.5) is 4.79 Å². The first-order valence-electron chi connectivity index (χ1n) is 8.44. The van der Waals surface area contributed by atoms with Gasteiger partial charge in [-0.05, 0) is 24.1 Å². The number of carbonyl (C=O) groups excluding carboxylic acids is 2. The fourth-order valence-electron chi connectivity index (χ4n) is 4.64. The van der Waals surface area contributed by atoms with Crippen LogP contribution in [-0.4, -0.2) is 30.7 Å². The van der Waals surface area contributed by atoms with Gasteiger partial charge in [0.1, 0.15) is 5.92 Å². The van der Waals surface area contributed by atoms with Gasteiger partial charge < -0.3 is 15.8 Å². The quantitative estimate of drug-likeness (QED) is 0.659. The lowest BCUT2D eigenvalue weighted by Gasteiger charge is -2.55. The number of allylic oxidation sites excluding steroid dienone is 1. The number of imide groups is 1. The first kappa shape index (κ1) is 18.1. The van der Waals surface area contributed by atoms with Gasteiger partial charge in [0.25, 0.3) is 0 Å². The Balaban J connectivity index is 1.97. The lowest BCUT2D eigenvalue weighted by Crippen LogP contribution is -2.74. The molecule has 0 unspecified atom stereocenters. The topological polar surface area (TPSA) is 117 Å². The van der Waals surface area contributed by atoms with Crippen LogP contribution in [0.2, 0.25) is 10.0 Å². The van der Waals surface area contributed by atoms with Crippen molar-refractivity contribution in [2.75, 3.05) is 13.2 Å². The van der Waals surface area contributed by atoms with Gasteiger partial charge in [-0.1, -0.05) is 29.3 Å². The number of amides is 3. The van der Waals surface area contributed by atoms with E-state index in [2.05, 4.69) is 16.7 Å².